The highest BCUT2D eigenvalue weighted by molar-refractivity contribution is 5.97. The average molecular weight is 366 g/mol. The van der Waals surface area contributed by atoms with Crippen molar-refractivity contribution in [3.63, 3.8) is 0 Å². The molecule has 0 aliphatic carbocycles. The first-order valence-electron chi connectivity index (χ1n) is 8.86. The van der Waals surface area contributed by atoms with Gasteiger partial charge in [-0.15, -0.1) is 0 Å². The van der Waals surface area contributed by atoms with Gasteiger partial charge in [-0.05, 0) is 43.5 Å². The molecular weight excluding hydrogens is 344 g/mol. The Balaban J connectivity index is 1.80. The predicted octanol–water partition coefficient (Wildman–Crippen LogP) is 2.81. The summed E-state index contributed by atoms with van der Waals surface area (Å²) < 4.78 is 5.50. The van der Waals surface area contributed by atoms with E-state index in [0.29, 0.717) is 17.7 Å². The topological polar surface area (TPSA) is 84.5 Å². The zero-order valence-electron chi connectivity index (χ0n) is 15.3. The predicted molar refractivity (Wildman–Crippen MR) is 101 cm³/mol. The summed E-state index contributed by atoms with van der Waals surface area (Å²) >= 11 is 0. The summed E-state index contributed by atoms with van der Waals surface area (Å²) in [7, 11) is 0. The fraction of sp³-hybridized carbons (Fsp3) is 0.286. The van der Waals surface area contributed by atoms with Gasteiger partial charge in [0.2, 0.25) is 12.0 Å². The van der Waals surface area contributed by atoms with Crippen LogP contribution in [0.4, 0.5) is 5.69 Å². The molecule has 2 amide bonds. The summed E-state index contributed by atoms with van der Waals surface area (Å²) in [5.41, 5.74) is 3.25. The molecule has 2 N–H and O–H groups in total. The van der Waals surface area contributed by atoms with Crippen LogP contribution in [0.15, 0.2) is 48.5 Å². The lowest BCUT2D eigenvalue weighted by Gasteiger charge is -2.20. The molecule has 0 radical (unpaired) electrons. The Morgan fingerprint density at radius 3 is 2.37 bits per heavy atom. The monoisotopic (exact) mass is 366 g/mol. The summed E-state index contributed by atoms with van der Waals surface area (Å²) in [5.74, 6) is -1.23. The van der Waals surface area contributed by atoms with Crippen LogP contribution in [-0.4, -0.2) is 23.8 Å². The normalized spacial score (nSPS) is 17.1. The van der Waals surface area contributed by atoms with Gasteiger partial charge in [0.15, 0.2) is 0 Å². The molecule has 1 aliphatic heterocycles. The van der Waals surface area contributed by atoms with Crippen molar-refractivity contribution in [3.8, 4) is 0 Å². The molecule has 1 fully saturated rings. The van der Waals surface area contributed by atoms with Crippen LogP contribution in [0.1, 0.15) is 35.6 Å². The SMILES string of the molecule is Cc1cc(C)cc(NC(=O)[C@@H](OC(=O)[C@@H]2CCC(=O)N2)c2ccccc2)c1. The highest BCUT2D eigenvalue weighted by Gasteiger charge is 2.33. The van der Waals surface area contributed by atoms with E-state index in [9.17, 15) is 14.4 Å². The number of hydrogen-bond donors (Lipinski definition) is 2. The zero-order chi connectivity index (χ0) is 19.4. The first-order valence-corrected chi connectivity index (χ1v) is 8.86. The zero-order valence-corrected chi connectivity index (χ0v) is 15.3. The molecule has 1 saturated heterocycles. The molecule has 140 valence electrons. The van der Waals surface area contributed by atoms with Crippen molar-refractivity contribution < 1.29 is 19.1 Å². The number of carbonyl (C=O) groups is 3. The van der Waals surface area contributed by atoms with Gasteiger partial charge in [0.1, 0.15) is 6.04 Å². The van der Waals surface area contributed by atoms with E-state index in [2.05, 4.69) is 10.6 Å². The molecule has 0 saturated carbocycles. The second-order valence-corrected chi connectivity index (χ2v) is 6.75. The Morgan fingerprint density at radius 1 is 1.11 bits per heavy atom. The van der Waals surface area contributed by atoms with Gasteiger partial charge in [-0.3, -0.25) is 9.59 Å². The first kappa shape index (κ1) is 18.6. The Kier molecular flexibility index (Phi) is 5.54. The minimum atomic E-state index is -1.10. The summed E-state index contributed by atoms with van der Waals surface area (Å²) in [4.78, 5) is 36.7. The Morgan fingerprint density at radius 2 is 1.78 bits per heavy atom. The largest absolute Gasteiger partial charge is 0.446 e. The third-order valence-electron chi connectivity index (χ3n) is 4.34. The Bertz CT molecular complexity index is 843. The number of rotatable bonds is 5. The minimum absolute atomic E-state index is 0.187. The van der Waals surface area contributed by atoms with Crippen molar-refractivity contribution in [2.75, 3.05) is 5.32 Å². The van der Waals surface area contributed by atoms with Crippen LogP contribution in [0.25, 0.3) is 0 Å². The van der Waals surface area contributed by atoms with Crippen molar-refractivity contribution >= 4 is 23.5 Å². The molecule has 2 aromatic carbocycles. The van der Waals surface area contributed by atoms with Crippen LogP contribution in [0.5, 0.6) is 0 Å². The number of nitrogens with one attached hydrogen (secondary N) is 2. The van der Waals surface area contributed by atoms with E-state index in [0.717, 1.165) is 11.1 Å². The molecule has 27 heavy (non-hydrogen) atoms. The number of esters is 1. The third kappa shape index (κ3) is 4.73. The molecule has 2 aromatic rings. The molecule has 6 heteroatoms. The van der Waals surface area contributed by atoms with E-state index in [4.69, 9.17) is 4.74 Å². The second kappa shape index (κ2) is 8.03. The van der Waals surface area contributed by atoms with E-state index < -0.39 is 24.0 Å². The van der Waals surface area contributed by atoms with Crippen LogP contribution < -0.4 is 10.6 Å². The van der Waals surface area contributed by atoms with Gasteiger partial charge in [0.05, 0.1) is 0 Å². The van der Waals surface area contributed by atoms with Gasteiger partial charge in [0.25, 0.3) is 5.91 Å². The molecule has 0 bridgehead atoms. The van der Waals surface area contributed by atoms with Crippen molar-refractivity contribution in [2.24, 2.45) is 0 Å². The van der Waals surface area contributed by atoms with Gasteiger partial charge in [0, 0.05) is 17.7 Å². The first-order chi connectivity index (χ1) is 12.9. The maximum Gasteiger partial charge on any atom is 0.329 e. The van der Waals surface area contributed by atoms with E-state index in [1.54, 1.807) is 24.3 Å². The minimum Gasteiger partial charge on any atom is -0.446 e. The van der Waals surface area contributed by atoms with E-state index in [-0.39, 0.29) is 12.3 Å². The molecule has 0 aromatic heterocycles. The van der Waals surface area contributed by atoms with Gasteiger partial charge in [-0.2, -0.15) is 0 Å². The van der Waals surface area contributed by atoms with Crippen LogP contribution >= 0.6 is 0 Å². The van der Waals surface area contributed by atoms with E-state index >= 15 is 0 Å². The lowest BCUT2D eigenvalue weighted by Crippen LogP contribution is -2.37. The van der Waals surface area contributed by atoms with Gasteiger partial charge in [-0.1, -0.05) is 36.4 Å². The lowest BCUT2D eigenvalue weighted by atomic mass is 10.1. The summed E-state index contributed by atoms with van der Waals surface area (Å²) in [5, 5.41) is 5.39. The van der Waals surface area contributed by atoms with Crippen molar-refractivity contribution in [2.45, 2.75) is 38.8 Å². The van der Waals surface area contributed by atoms with Crippen molar-refractivity contribution in [1.82, 2.24) is 5.32 Å². The third-order valence-corrected chi connectivity index (χ3v) is 4.34. The number of carbonyl (C=O) groups excluding carboxylic acids is 3. The number of hydrogen-bond acceptors (Lipinski definition) is 4. The molecule has 1 heterocycles. The van der Waals surface area contributed by atoms with Crippen LogP contribution in [0, 0.1) is 13.8 Å². The second-order valence-electron chi connectivity index (χ2n) is 6.75. The molecule has 0 unspecified atom stereocenters. The highest BCUT2D eigenvalue weighted by Crippen LogP contribution is 2.23. The molecular formula is C21H22N2O4. The fourth-order valence-electron chi connectivity index (χ4n) is 3.14. The molecule has 1 aliphatic rings. The quantitative estimate of drug-likeness (QED) is 0.797. The fourth-order valence-corrected chi connectivity index (χ4v) is 3.14. The van der Waals surface area contributed by atoms with Crippen LogP contribution in [0.3, 0.4) is 0 Å². The number of amides is 2. The standard InChI is InChI=1S/C21H22N2O4/c1-13-10-14(2)12-16(11-13)22-20(25)19(15-6-4-3-5-7-15)27-21(26)17-8-9-18(24)23-17/h3-7,10-12,17,19H,8-9H2,1-2H3,(H,22,25)(H,23,24)/t17-,19-/m0/s1. The van der Waals surface area contributed by atoms with Gasteiger partial charge < -0.3 is 15.4 Å². The molecule has 3 rings (SSSR count). The Labute approximate surface area is 157 Å². The summed E-state index contributed by atoms with van der Waals surface area (Å²) in [6.45, 7) is 3.89. The number of ether oxygens (including phenoxy) is 1. The smallest absolute Gasteiger partial charge is 0.329 e. The lowest BCUT2D eigenvalue weighted by molar-refractivity contribution is -0.156. The molecule has 0 spiro atoms. The van der Waals surface area contributed by atoms with Crippen LogP contribution in [0.2, 0.25) is 0 Å². The summed E-state index contributed by atoms with van der Waals surface area (Å²) in [6.07, 6.45) is -0.445. The number of aryl methyl sites for hydroxylation is 2. The maximum atomic E-state index is 12.9. The van der Waals surface area contributed by atoms with Gasteiger partial charge >= 0.3 is 5.97 Å². The average Bonchev–Trinajstić information content (AvgIpc) is 3.06. The molecule has 2 atom stereocenters. The van der Waals surface area contributed by atoms with Gasteiger partial charge in [-0.25, -0.2) is 4.79 Å². The van der Waals surface area contributed by atoms with Crippen molar-refractivity contribution in [1.29, 1.82) is 0 Å². The van der Waals surface area contributed by atoms with E-state index in [1.165, 1.54) is 0 Å². The maximum absolute atomic E-state index is 12.9. The van der Waals surface area contributed by atoms with E-state index in [1.807, 2.05) is 38.1 Å². The molecule has 6 nitrogen and oxygen atoms in total. The highest BCUT2D eigenvalue weighted by atomic mass is 16.5. The number of benzene rings is 2. The summed E-state index contributed by atoms with van der Waals surface area (Å²) in [6, 6.07) is 13.8. The van der Waals surface area contributed by atoms with Crippen LogP contribution in [-0.2, 0) is 19.1 Å². The Hall–Kier alpha value is -3.15. The van der Waals surface area contributed by atoms with Crippen molar-refractivity contribution in [3.05, 3.63) is 65.2 Å². The number of anilines is 1.